The second-order valence-corrected chi connectivity index (χ2v) is 3.77. The third kappa shape index (κ3) is 3.61. The van der Waals surface area contributed by atoms with E-state index in [1.165, 1.54) is 7.05 Å². The molecule has 0 aliphatic heterocycles. The van der Waals surface area contributed by atoms with E-state index in [1.54, 1.807) is 0 Å². The first kappa shape index (κ1) is 14.3. The zero-order chi connectivity index (χ0) is 13.7. The van der Waals surface area contributed by atoms with Crippen molar-refractivity contribution in [3.05, 3.63) is 23.6 Å². The van der Waals surface area contributed by atoms with E-state index in [4.69, 9.17) is 0 Å². The molecule has 100 valence electrons. The molecular weight excluding hydrogens is 247 g/mol. The van der Waals surface area contributed by atoms with E-state index in [0.717, 1.165) is 11.3 Å². The molecule has 1 N–H and O–H groups in total. The molecule has 1 heterocycles. The van der Waals surface area contributed by atoms with Gasteiger partial charge < -0.3 is 10.2 Å². The summed E-state index contributed by atoms with van der Waals surface area (Å²) in [6, 6.07) is 0.401. The number of nitrogens with one attached hydrogen (secondary N) is 1. The van der Waals surface area contributed by atoms with Crippen LogP contribution in [0.1, 0.15) is 13.3 Å². The first-order valence-electron chi connectivity index (χ1n) is 5.45. The van der Waals surface area contributed by atoms with Gasteiger partial charge in [-0.25, -0.2) is 8.78 Å². The number of hydrogen-bond acceptors (Lipinski definition) is 3. The highest BCUT2D eigenvalue weighted by Crippen LogP contribution is 2.17. The average Bonchev–Trinajstić information content (AvgIpc) is 2.31. The molecule has 7 heteroatoms. The van der Waals surface area contributed by atoms with Gasteiger partial charge in [-0.2, -0.15) is 9.37 Å². The fourth-order valence-electron chi connectivity index (χ4n) is 1.31. The maximum absolute atomic E-state index is 13.3. The van der Waals surface area contributed by atoms with Crippen molar-refractivity contribution < 1.29 is 18.0 Å². The molecule has 1 aromatic heterocycles. The first-order chi connectivity index (χ1) is 8.45. The summed E-state index contributed by atoms with van der Waals surface area (Å²) in [6.45, 7) is 2.20. The number of carbonyl (C=O) groups is 1. The van der Waals surface area contributed by atoms with Gasteiger partial charge in [-0.15, -0.1) is 0 Å². The number of amides is 1. The van der Waals surface area contributed by atoms with Crippen LogP contribution in [-0.4, -0.2) is 31.0 Å². The maximum Gasteiger partial charge on any atom is 0.251 e. The fraction of sp³-hybridized carbons (Fsp3) is 0.455. The van der Waals surface area contributed by atoms with Crippen LogP contribution >= 0.6 is 0 Å². The van der Waals surface area contributed by atoms with E-state index in [1.807, 2.05) is 6.92 Å². The summed E-state index contributed by atoms with van der Waals surface area (Å²) < 4.78 is 38.9. The van der Waals surface area contributed by atoms with Gasteiger partial charge in [-0.05, 0) is 6.42 Å². The molecule has 1 rings (SSSR count). The van der Waals surface area contributed by atoms with Crippen LogP contribution in [0.5, 0.6) is 0 Å². The van der Waals surface area contributed by atoms with Gasteiger partial charge in [0.2, 0.25) is 5.91 Å². The Balaban J connectivity index is 2.75. The molecule has 0 aromatic carbocycles. The second kappa shape index (κ2) is 6.23. The van der Waals surface area contributed by atoms with Crippen molar-refractivity contribution in [1.29, 1.82) is 0 Å². The van der Waals surface area contributed by atoms with Crippen LogP contribution < -0.4 is 10.2 Å². The predicted molar refractivity (Wildman–Crippen MR) is 60.7 cm³/mol. The van der Waals surface area contributed by atoms with Crippen LogP contribution in [0, 0.1) is 17.6 Å². The number of hydrogen-bond donors (Lipinski definition) is 1. The van der Waals surface area contributed by atoms with Crippen LogP contribution in [0.25, 0.3) is 0 Å². The number of nitrogens with zero attached hydrogens (tertiary/aromatic N) is 2. The highest BCUT2D eigenvalue weighted by molar-refractivity contribution is 5.80. The molecule has 0 bridgehead atoms. The van der Waals surface area contributed by atoms with Crippen LogP contribution in [0.15, 0.2) is 6.07 Å². The Bertz CT molecular complexity index is 440. The lowest BCUT2D eigenvalue weighted by Gasteiger charge is -2.18. The monoisotopic (exact) mass is 261 g/mol. The quantitative estimate of drug-likeness (QED) is 0.816. The minimum atomic E-state index is -1.40. The predicted octanol–water partition coefficient (Wildman–Crippen LogP) is 1.46. The highest BCUT2D eigenvalue weighted by atomic mass is 19.2. The summed E-state index contributed by atoms with van der Waals surface area (Å²) in [4.78, 5) is 15.6. The van der Waals surface area contributed by atoms with E-state index in [9.17, 15) is 18.0 Å². The summed E-state index contributed by atoms with van der Waals surface area (Å²) in [6.07, 6.45) is 0.771. The topological polar surface area (TPSA) is 45.2 Å². The van der Waals surface area contributed by atoms with Crippen LogP contribution in [0.3, 0.4) is 0 Å². The molecule has 0 atom stereocenters. The molecular formula is C11H14F3N3O. The summed E-state index contributed by atoms with van der Waals surface area (Å²) in [5.41, 5.74) is 0. The van der Waals surface area contributed by atoms with Crippen molar-refractivity contribution in [2.75, 3.05) is 25.0 Å². The zero-order valence-corrected chi connectivity index (χ0v) is 10.1. The maximum atomic E-state index is 13.3. The minimum Gasteiger partial charge on any atom is -0.355 e. The number of pyridine rings is 1. The molecule has 0 aliphatic carbocycles. The Morgan fingerprint density at radius 1 is 1.39 bits per heavy atom. The van der Waals surface area contributed by atoms with Crippen molar-refractivity contribution in [2.45, 2.75) is 13.3 Å². The Labute approximate surface area is 103 Å². The van der Waals surface area contributed by atoms with Crippen LogP contribution in [0.4, 0.5) is 19.0 Å². The molecule has 18 heavy (non-hydrogen) atoms. The van der Waals surface area contributed by atoms with Gasteiger partial charge in [0.25, 0.3) is 5.95 Å². The van der Waals surface area contributed by atoms with Gasteiger partial charge in [0.15, 0.2) is 17.5 Å². The van der Waals surface area contributed by atoms with E-state index < -0.39 is 23.4 Å². The van der Waals surface area contributed by atoms with Crippen molar-refractivity contribution in [2.24, 2.45) is 0 Å². The van der Waals surface area contributed by atoms with E-state index in [2.05, 4.69) is 10.3 Å². The summed E-state index contributed by atoms with van der Waals surface area (Å²) in [7, 11) is 1.37. The molecule has 0 spiro atoms. The number of carbonyl (C=O) groups excluding carboxylic acids is 1. The number of likely N-dealkylation sites (N-methyl/N-ethyl adjacent to an activating group) is 1. The Morgan fingerprint density at radius 3 is 2.67 bits per heavy atom. The number of aromatic nitrogens is 1. The van der Waals surface area contributed by atoms with E-state index in [0.29, 0.717) is 12.6 Å². The molecule has 0 saturated heterocycles. The van der Waals surface area contributed by atoms with Crippen LogP contribution in [-0.2, 0) is 4.79 Å². The summed E-state index contributed by atoms with van der Waals surface area (Å²) >= 11 is 0. The first-order valence-corrected chi connectivity index (χ1v) is 5.45. The molecule has 1 amide bonds. The van der Waals surface area contributed by atoms with Gasteiger partial charge in [-0.3, -0.25) is 4.79 Å². The van der Waals surface area contributed by atoms with Crippen molar-refractivity contribution in [3.8, 4) is 0 Å². The second-order valence-electron chi connectivity index (χ2n) is 3.77. The van der Waals surface area contributed by atoms with Gasteiger partial charge in [0, 0.05) is 19.7 Å². The summed E-state index contributed by atoms with van der Waals surface area (Å²) in [5, 5.41) is 2.58. The molecule has 0 aliphatic rings. The number of anilines is 1. The number of rotatable bonds is 5. The standard InChI is InChI=1S/C11H14F3N3O/c1-3-4-15-9(18)6-17(2)11-8(13)5-7(12)10(14)16-11/h5H,3-4,6H2,1-2H3,(H,15,18). The SMILES string of the molecule is CCCNC(=O)CN(C)c1nc(F)c(F)cc1F. The average molecular weight is 261 g/mol. The molecule has 0 fully saturated rings. The summed E-state index contributed by atoms with van der Waals surface area (Å²) in [5.74, 6) is -4.52. The Morgan fingerprint density at radius 2 is 2.06 bits per heavy atom. The van der Waals surface area contributed by atoms with Crippen molar-refractivity contribution in [3.63, 3.8) is 0 Å². The number of halogens is 3. The fourth-order valence-corrected chi connectivity index (χ4v) is 1.31. The van der Waals surface area contributed by atoms with Crippen LogP contribution in [0.2, 0.25) is 0 Å². The lowest BCUT2D eigenvalue weighted by Crippen LogP contribution is -2.36. The molecule has 4 nitrogen and oxygen atoms in total. The molecule has 1 aromatic rings. The normalized spacial score (nSPS) is 10.3. The Kier molecular flexibility index (Phi) is 4.94. The molecule has 0 saturated carbocycles. The van der Waals surface area contributed by atoms with E-state index in [-0.39, 0.29) is 12.5 Å². The smallest absolute Gasteiger partial charge is 0.251 e. The van der Waals surface area contributed by atoms with Crippen molar-refractivity contribution in [1.82, 2.24) is 10.3 Å². The third-order valence-electron chi connectivity index (χ3n) is 2.18. The van der Waals surface area contributed by atoms with Gasteiger partial charge in [-0.1, -0.05) is 6.92 Å². The molecule has 0 unspecified atom stereocenters. The minimum absolute atomic E-state index is 0.186. The van der Waals surface area contributed by atoms with Gasteiger partial charge in [0.1, 0.15) is 0 Å². The largest absolute Gasteiger partial charge is 0.355 e. The zero-order valence-electron chi connectivity index (χ0n) is 10.1. The van der Waals surface area contributed by atoms with E-state index >= 15 is 0 Å². The lowest BCUT2D eigenvalue weighted by atomic mass is 10.4. The van der Waals surface area contributed by atoms with Crippen molar-refractivity contribution >= 4 is 11.7 Å². The Hall–Kier alpha value is -1.79. The highest BCUT2D eigenvalue weighted by Gasteiger charge is 2.16. The third-order valence-corrected chi connectivity index (χ3v) is 2.18. The van der Waals surface area contributed by atoms with Gasteiger partial charge in [0.05, 0.1) is 6.54 Å². The van der Waals surface area contributed by atoms with Gasteiger partial charge >= 0.3 is 0 Å². The molecule has 0 radical (unpaired) electrons. The lowest BCUT2D eigenvalue weighted by molar-refractivity contribution is -0.119.